The number of carbonyl (C=O) groups is 4. The molecule has 0 radical (unpaired) electrons. The first-order valence-electron chi connectivity index (χ1n) is 18.4. The summed E-state index contributed by atoms with van der Waals surface area (Å²) in [6.45, 7) is 8.17. The third kappa shape index (κ3) is 13.5. The minimum Gasteiger partial charge on any atom is -0.448 e. The van der Waals surface area contributed by atoms with Gasteiger partial charge in [0.25, 0.3) is 5.91 Å². The molecule has 0 bridgehead atoms. The number of amides is 4. The van der Waals surface area contributed by atoms with Gasteiger partial charge < -0.3 is 29.8 Å². The normalized spacial score (nSPS) is 15.8. The Hall–Kier alpha value is -4.13. The van der Waals surface area contributed by atoms with Crippen molar-refractivity contribution < 1.29 is 33.8 Å². The predicted molar refractivity (Wildman–Crippen MR) is 194 cm³/mol. The zero-order valence-corrected chi connectivity index (χ0v) is 31.5. The van der Waals surface area contributed by atoms with Gasteiger partial charge in [0, 0.05) is 45.9 Å². The van der Waals surface area contributed by atoms with E-state index in [1.807, 2.05) is 44.2 Å². The molecule has 13 heteroatoms. The van der Waals surface area contributed by atoms with E-state index in [-0.39, 0.29) is 25.4 Å². The Morgan fingerprint density at radius 3 is 2.20 bits per heavy atom. The number of rotatable bonds is 17. The lowest BCUT2D eigenvalue weighted by Crippen LogP contribution is -2.56. The van der Waals surface area contributed by atoms with Crippen LogP contribution >= 0.6 is 0 Å². The molecule has 3 rings (SSSR count). The van der Waals surface area contributed by atoms with Crippen molar-refractivity contribution in [2.24, 2.45) is 17.8 Å². The summed E-state index contributed by atoms with van der Waals surface area (Å²) in [5, 5.41) is 16.4. The van der Waals surface area contributed by atoms with E-state index in [1.54, 1.807) is 6.20 Å². The minimum atomic E-state index is -1.33. The predicted octanol–water partition coefficient (Wildman–Crippen LogP) is 5.35. The van der Waals surface area contributed by atoms with E-state index in [0.717, 1.165) is 47.7 Å². The van der Waals surface area contributed by atoms with Crippen molar-refractivity contribution >= 4 is 24.0 Å². The summed E-state index contributed by atoms with van der Waals surface area (Å²) in [5.41, 5.74) is 1.37. The van der Waals surface area contributed by atoms with Crippen LogP contribution in [0.25, 0.3) is 0 Å². The van der Waals surface area contributed by atoms with Crippen LogP contribution in [0, 0.1) is 17.8 Å². The molecule has 1 fully saturated rings. The number of hydrogen-bond acceptors (Lipinski definition) is 8. The lowest BCUT2D eigenvalue weighted by atomic mass is 9.83. The summed E-state index contributed by atoms with van der Waals surface area (Å²) in [5.74, 6) is -0.124. The van der Waals surface area contributed by atoms with Crippen LogP contribution in [0.2, 0.25) is 0 Å². The molecule has 1 heterocycles. The zero-order valence-electron chi connectivity index (χ0n) is 31.5. The van der Waals surface area contributed by atoms with E-state index in [9.17, 15) is 24.3 Å². The lowest BCUT2D eigenvalue weighted by Gasteiger charge is -2.35. The number of nitrogens with one attached hydrogen (secondary N) is 2. The van der Waals surface area contributed by atoms with Gasteiger partial charge in [-0.25, -0.2) is 24.6 Å². The second-order valence-electron chi connectivity index (χ2n) is 14.7. The molecule has 1 aromatic carbocycles. The van der Waals surface area contributed by atoms with Gasteiger partial charge in [-0.1, -0.05) is 90.1 Å². The molecule has 51 heavy (non-hydrogen) atoms. The van der Waals surface area contributed by atoms with Crippen molar-refractivity contribution in [1.82, 2.24) is 30.2 Å². The highest BCUT2D eigenvalue weighted by molar-refractivity contribution is 5.90. The highest BCUT2D eigenvalue weighted by Gasteiger charge is 2.37. The molecule has 1 aliphatic carbocycles. The van der Waals surface area contributed by atoms with Gasteiger partial charge in [-0.2, -0.15) is 0 Å². The summed E-state index contributed by atoms with van der Waals surface area (Å²) >= 11 is 0. The second-order valence-corrected chi connectivity index (χ2v) is 14.7. The number of imidazole rings is 1. The quantitative estimate of drug-likeness (QED) is 0.185. The number of hydrogen-bond donors (Lipinski definition) is 3. The molecule has 13 nitrogen and oxygen atoms in total. The highest BCUT2D eigenvalue weighted by atomic mass is 16.6. The number of aliphatic hydroxyl groups is 1. The maximum absolute atomic E-state index is 14.3. The van der Waals surface area contributed by atoms with Crippen LogP contribution in [0.1, 0.15) is 90.3 Å². The van der Waals surface area contributed by atoms with E-state index in [2.05, 4.69) is 29.1 Å². The van der Waals surface area contributed by atoms with Crippen LogP contribution in [0.4, 0.5) is 9.59 Å². The largest absolute Gasteiger partial charge is 0.448 e. The fraction of sp³-hybridized carbons (Fsp3) is 0.658. The van der Waals surface area contributed by atoms with Crippen LogP contribution in [-0.4, -0.2) is 106 Å². The van der Waals surface area contributed by atoms with Gasteiger partial charge in [-0.15, -0.1) is 0 Å². The van der Waals surface area contributed by atoms with Crippen LogP contribution in [0.3, 0.4) is 0 Å². The monoisotopic (exact) mass is 712 g/mol. The Morgan fingerprint density at radius 1 is 0.922 bits per heavy atom. The number of aliphatic hydroxyl groups excluding tert-OH is 1. The molecular weight excluding hydrogens is 652 g/mol. The smallest absolute Gasteiger partial charge is 0.429 e. The van der Waals surface area contributed by atoms with Crippen LogP contribution < -0.4 is 5.32 Å². The number of H-pyrrole nitrogens is 1. The number of carbonyl (C=O) groups excluding carboxylic acids is 4. The molecule has 0 spiro atoms. The van der Waals surface area contributed by atoms with E-state index < -0.39 is 48.3 Å². The highest BCUT2D eigenvalue weighted by Crippen LogP contribution is 2.29. The average Bonchev–Trinajstić information content (AvgIpc) is 3.64. The molecule has 0 saturated heterocycles. The number of ether oxygens (including phenoxy) is 2. The van der Waals surface area contributed by atoms with Gasteiger partial charge in [0.05, 0.1) is 25.1 Å². The second kappa shape index (κ2) is 20.7. The van der Waals surface area contributed by atoms with Crippen molar-refractivity contribution in [2.75, 3.05) is 27.7 Å². The molecule has 0 aliphatic heterocycles. The topological polar surface area (TPSA) is 157 Å². The van der Waals surface area contributed by atoms with E-state index in [4.69, 9.17) is 9.47 Å². The summed E-state index contributed by atoms with van der Waals surface area (Å²) in [6, 6.07) is 7.61. The van der Waals surface area contributed by atoms with Crippen LogP contribution in [0.15, 0.2) is 42.9 Å². The molecule has 1 aliphatic rings. The van der Waals surface area contributed by atoms with Crippen LogP contribution in [0.5, 0.6) is 0 Å². The van der Waals surface area contributed by atoms with Crippen LogP contribution in [-0.2, 0) is 31.9 Å². The first kappa shape index (κ1) is 41.3. The third-order valence-corrected chi connectivity index (χ3v) is 9.53. The molecule has 4 amide bonds. The summed E-state index contributed by atoms with van der Waals surface area (Å²) in [4.78, 5) is 63.0. The van der Waals surface area contributed by atoms with Crippen molar-refractivity contribution in [3.8, 4) is 0 Å². The number of benzene rings is 1. The Morgan fingerprint density at radius 2 is 1.59 bits per heavy atom. The molecule has 3 unspecified atom stereocenters. The summed E-state index contributed by atoms with van der Waals surface area (Å²) < 4.78 is 11.0. The number of aromatic amines is 1. The molecular formula is C38H60N6O7. The van der Waals surface area contributed by atoms with Crippen molar-refractivity contribution in [3.05, 3.63) is 54.1 Å². The number of likely N-dealkylation sites (N-methyl/N-ethyl adjacent to an activating group) is 1. The zero-order chi connectivity index (χ0) is 37.5. The summed E-state index contributed by atoms with van der Waals surface area (Å²) in [7, 11) is 4.23. The fourth-order valence-corrected chi connectivity index (χ4v) is 6.25. The minimum absolute atomic E-state index is 0.0295. The van der Waals surface area contributed by atoms with E-state index in [1.165, 1.54) is 38.8 Å². The van der Waals surface area contributed by atoms with E-state index in [0.29, 0.717) is 30.4 Å². The van der Waals surface area contributed by atoms with Gasteiger partial charge >= 0.3 is 12.2 Å². The van der Waals surface area contributed by atoms with Crippen molar-refractivity contribution in [2.45, 2.75) is 116 Å². The number of aromatic nitrogens is 2. The SMILES string of the molecule is CC(C)CCC(O)C(CC1CCCCC1)NC(=O)[C@H](Cc1cnc[nH]1)N(C)C(=O)C(Cc1ccccc1)OC(=O)N(C)N(C)C(=O)OCC(C)C. The van der Waals surface area contributed by atoms with E-state index >= 15 is 0 Å². The molecule has 3 N–H and O–H groups in total. The Balaban J connectivity index is 1.87. The maximum atomic E-state index is 14.3. The van der Waals surface area contributed by atoms with Gasteiger partial charge in [0.1, 0.15) is 6.04 Å². The number of hydrazine groups is 1. The lowest BCUT2D eigenvalue weighted by molar-refractivity contribution is -0.147. The molecule has 284 valence electrons. The Labute approximate surface area is 303 Å². The first-order chi connectivity index (χ1) is 24.3. The van der Waals surface area contributed by atoms with Gasteiger partial charge in [0.15, 0.2) is 6.10 Å². The molecule has 2 aromatic rings. The third-order valence-electron chi connectivity index (χ3n) is 9.53. The summed E-state index contributed by atoms with van der Waals surface area (Å²) in [6.07, 6.45) is 7.11. The van der Waals surface area contributed by atoms with Gasteiger partial charge in [-0.3, -0.25) is 9.59 Å². The Kier molecular flexibility index (Phi) is 16.7. The van der Waals surface area contributed by atoms with Crippen molar-refractivity contribution in [3.63, 3.8) is 0 Å². The average molecular weight is 713 g/mol. The standard InChI is InChI=1S/C38H60N6O7/c1-26(2)18-19-33(45)31(20-28-14-10-8-11-15-28)41-35(46)32(22-30-23-39-25-40-30)42(5)36(47)34(21-29-16-12-9-13-17-29)51-38(49)44(7)43(6)37(48)50-24-27(3)4/h9,12-13,16-17,23,25-28,31-34,45H,8,10-11,14-15,18-22,24H2,1-7H3,(H,39,40)(H,41,46)/t31?,32-,33?,34?/m0/s1. The first-order valence-corrected chi connectivity index (χ1v) is 18.4. The number of nitrogens with zero attached hydrogens (tertiary/aromatic N) is 4. The molecule has 1 saturated carbocycles. The van der Waals surface area contributed by atoms with Crippen molar-refractivity contribution in [1.29, 1.82) is 0 Å². The van der Waals surface area contributed by atoms with Gasteiger partial charge in [0.2, 0.25) is 5.91 Å². The van der Waals surface area contributed by atoms with Gasteiger partial charge in [-0.05, 0) is 42.6 Å². The Bertz CT molecular complexity index is 1350. The molecule has 4 atom stereocenters. The molecule has 1 aromatic heterocycles. The maximum Gasteiger partial charge on any atom is 0.429 e. The fourth-order valence-electron chi connectivity index (χ4n) is 6.25.